The van der Waals surface area contributed by atoms with E-state index in [2.05, 4.69) is 12.1 Å². The molecule has 0 bridgehead atoms. The third-order valence-corrected chi connectivity index (χ3v) is 10.5. The van der Waals surface area contributed by atoms with E-state index in [4.69, 9.17) is 14.2 Å². The van der Waals surface area contributed by atoms with Gasteiger partial charge in [-0.2, -0.15) is 0 Å². The third kappa shape index (κ3) is 3.95. The van der Waals surface area contributed by atoms with Crippen LogP contribution in [0.2, 0.25) is 0 Å². The molecule has 0 aliphatic carbocycles. The van der Waals surface area contributed by atoms with Gasteiger partial charge in [0.1, 0.15) is 17.2 Å². The average molecular weight is 545 g/mol. The number of fused-ring (bicyclic) bond motifs is 2. The van der Waals surface area contributed by atoms with Crippen LogP contribution in [0.5, 0.6) is 17.2 Å². The van der Waals surface area contributed by atoms with Gasteiger partial charge in [0.2, 0.25) is 0 Å². The Labute approximate surface area is 234 Å². The van der Waals surface area contributed by atoms with Gasteiger partial charge >= 0.3 is 0 Å². The second-order valence-electron chi connectivity index (χ2n) is 9.48. The SMILES string of the molecule is COc1ccc2ccccc2c1-c1c(P(=O)(c2ccccc2)c2ccccc2)c(OC)c2ccccc2c1OC. The van der Waals surface area contributed by atoms with Gasteiger partial charge in [-0.3, -0.25) is 0 Å². The largest absolute Gasteiger partial charge is 0.496 e. The van der Waals surface area contributed by atoms with Crippen LogP contribution in [0, 0.1) is 0 Å². The summed E-state index contributed by atoms with van der Waals surface area (Å²) in [6, 6.07) is 39.4. The summed E-state index contributed by atoms with van der Waals surface area (Å²) < 4.78 is 34.5. The average Bonchev–Trinajstić information content (AvgIpc) is 3.03. The van der Waals surface area contributed by atoms with E-state index < -0.39 is 7.14 Å². The molecule has 5 heteroatoms. The van der Waals surface area contributed by atoms with Crippen LogP contribution in [0.15, 0.2) is 121 Å². The van der Waals surface area contributed by atoms with Crippen LogP contribution in [0.3, 0.4) is 0 Å². The highest BCUT2D eigenvalue weighted by Gasteiger charge is 2.39. The maximum absolute atomic E-state index is 16.1. The number of rotatable bonds is 7. The molecule has 0 heterocycles. The molecule has 0 unspecified atom stereocenters. The van der Waals surface area contributed by atoms with E-state index in [0.717, 1.165) is 27.1 Å². The third-order valence-electron chi connectivity index (χ3n) is 7.42. The molecule has 0 aromatic heterocycles. The van der Waals surface area contributed by atoms with E-state index in [1.807, 2.05) is 109 Å². The summed E-state index contributed by atoms with van der Waals surface area (Å²) in [5.74, 6) is 1.83. The van der Waals surface area contributed by atoms with Crippen molar-refractivity contribution in [1.29, 1.82) is 0 Å². The summed E-state index contributed by atoms with van der Waals surface area (Å²) in [5.41, 5.74) is 1.51. The molecular formula is C35H29O4P. The van der Waals surface area contributed by atoms with Crippen molar-refractivity contribution in [3.05, 3.63) is 121 Å². The fraction of sp³-hybridized carbons (Fsp3) is 0.0857. The Morgan fingerprint density at radius 1 is 0.475 bits per heavy atom. The molecule has 0 aliphatic rings. The number of hydrogen-bond acceptors (Lipinski definition) is 4. The predicted molar refractivity (Wildman–Crippen MR) is 166 cm³/mol. The Kier molecular flexibility index (Phi) is 6.79. The minimum atomic E-state index is -3.55. The zero-order valence-corrected chi connectivity index (χ0v) is 23.5. The lowest BCUT2D eigenvalue weighted by atomic mass is 9.93. The Balaban J connectivity index is 1.93. The second kappa shape index (κ2) is 10.6. The van der Waals surface area contributed by atoms with Crippen LogP contribution in [-0.2, 0) is 4.57 Å². The van der Waals surface area contributed by atoms with Crippen molar-refractivity contribution in [1.82, 2.24) is 0 Å². The lowest BCUT2D eigenvalue weighted by Crippen LogP contribution is -2.28. The van der Waals surface area contributed by atoms with Crippen LogP contribution in [0.25, 0.3) is 32.7 Å². The van der Waals surface area contributed by atoms with Crippen LogP contribution in [0.1, 0.15) is 0 Å². The van der Waals surface area contributed by atoms with Crippen molar-refractivity contribution in [3.8, 4) is 28.4 Å². The Hall–Kier alpha value is -4.53. The maximum atomic E-state index is 16.1. The molecule has 0 spiro atoms. The van der Waals surface area contributed by atoms with Crippen LogP contribution in [-0.4, -0.2) is 21.3 Å². The molecule has 0 aliphatic heterocycles. The monoisotopic (exact) mass is 544 g/mol. The van der Waals surface area contributed by atoms with E-state index in [1.165, 1.54) is 0 Å². The number of hydrogen-bond donors (Lipinski definition) is 0. The molecule has 0 saturated carbocycles. The first-order valence-corrected chi connectivity index (χ1v) is 14.8. The summed E-state index contributed by atoms with van der Waals surface area (Å²) in [6.45, 7) is 0. The van der Waals surface area contributed by atoms with Gasteiger partial charge in [0.15, 0.2) is 7.14 Å². The standard InChI is InChI=1S/C35H29O4P/c1-37-30-23-22-24-14-10-11-19-27(24)31(30)32-33(38-2)28-20-12-13-21-29(28)34(39-3)35(32)40(36,25-15-6-4-7-16-25)26-17-8-5-9-18-26/h4-23H,1-3H3. The molecule has 0 saturated heterocycles. The van der Waals surface area contributed by atoms with Gasteiger partial charge in [-0.05, 0) is 16.8 Å². The van der Waals surface area contributed by atoms with E-state index in [9.17, 15) is 0 Å². The first kappa shape index (κ1) is 25.7. The summed E-state index contributed by atoms with van der Waals surface area (Å²) >= 11 is 0. The second-order valence-corrected chi connectivity index (χ2v) is 12.2. The van der Waals surface area contributed by atoms with Crippen molar-refractivity contribution in [2.24, 2.45) is 0 Å². The first-order chi connectivity index (χ1) is 19.6. The van der Waals surface area contributed by atoms with Crippen molar-refractivity contribution in [2.45, 2.75) is 0 Å². The molecule has 6 aromatic carbocycles. The fourth-order valence-corrected chi connectivity index (χ4v) is 8.70. The smallest absolute Gasteiger partial charge is 0.175 e. The van der Waals surface area contributed by atoms with Gasteiger partial charge in [-0.25, -0.2) is 0 Å². The van der Waals surface area contributed by atoms with Crippen LogP contribution in [0.4, 0.5) is 0 Å². The minimum absolute atomic E-state index is 0.553. The van der Waals surface area contributed by atoms with Gasteiger partial charge in [-0.1, -0.05) is 115 Å². The van der Waals surface area contributed by atoms with Crippen molar-refractivity contribution >= 4 is 44.6 Å². The highest BCUT2D eigenvalue weighted by Crippen LogP contribution is 2.55. The van der Waals surface area contributed by atoms with Crippen molar-refractivity contribution in [2.75, 3.05) is 21.3 Å². The van der Waals surface area contributed by atoms with Gasteiger partial charge in [0, 0.05) is 32.5 Å². The maximum Gasteiger partial charge on any atom is 0.175 e. The summed E-state index contributed by atoms with van der Waals surface area (Å²) in [6.07, 6.45) is 0. The van der Waals surface area contributed by atoms with Gasteiger partial charge in [0.25, 0.3) is 0 Å². The molecule has 198 valence electrons. The molecule has 4 nitrogen and oxygen atoms in total. The number of methoxy groups -OCH3 is 3. The highest BCUT2D eigenvalue weighted by atomic mass is 31.2. The van der Waals surface area contributed by atoms with Crippen molar-refractivity contribution in [3.63, 3.8) is 0 Å². The topological polar surface area (TPSA) is 44.8 Å². The highest BCUT2D eigenvalue weighted by molar-refractivity contribution is 7.85. The predicted octanol–water partition coefficient (Wildman–Crippen LogP) is 7.33. The van der Waals surface area contributed by atoms with E-state index >= 15 is 4.57 Å². The lowest BCUT2D eigenvalue weighted by Gasteiger charge is -2.28. The molecule has 0 amide bonds. The molecule has 40 heavy (non-hydrogen) atoms. The molecule has 0 atom stereocenters. The van der Waals surface area contributed by atoms with Gasteiger partial charge in [0.05, 0.1) is 26.6 Å². The zero-order valence-electron chi connectivity index (χ0n) is 22.6. The Morgan fingerprint density at radius 2 is 0.975 bits per heavy atom. The summed E-state index contributed by atoms with van der Waals surface area (Å²) in [7, 11) is 1.41. The summed E-state index contributed by atoms with van der Waals surface area (Å²) in [5, 5.41) is 5.68. The molecule has 0 radical (unpaired) electrons. The van der Waals surface area contributed by atoms with Gasteiger partial charge in [-0.15, -0.1) is 0 Å². The quantitative estimate of drug-likeness (QED) is 0.198. The Bertz CT molecular complexity index is 1840. The van der Waals surface area contributed by atoms with Crippen molar-refractivity contribution < 1.29 is 18.8 Å². The molecule has 6 aromatic rings. The number of benzene rings is 6. The van der Waals surface area contributed by atoms with Crippen LogP contribution < -0.4 is 30.1 Å². The summed E-state index contributed by atoms with van der Waals surface area (Å²) in [4.78, 5) is 0. The molecule has 0 fully saturated rings. The normalized spacial score (nSPS) is 11.5. The molecular weight excluding hydrogens is 515 g/mol. The van der Waals surface area contributed by atoms with E-state index in [1.54, 1.807) is 21.3 Å². The Morgan fingerprint density at radius 3 is 1.52 bits per heavy atom. The fourth-order valence-electron chi connectivity index (χ4n) is 5.68. The van der Waals surface area contributed by atoms with Gasteiger partial charge < -0.3 is 18.8 Å². The molecule has 6 rings (SSSR count). The minimum Gasteiger partial charge on any atom is -0.496 e. The van der Waals surface area contributed by atoms with E-state index in [0.29, 0.717) is 38.7 Å². The van der Waals surface area contributed by atoms with E-state index in [-0.39, 0.29) is 0 Å². The zero-order chi connectivity index (χ0) is 27.7. The van der Waals surface area contributed by atoms with Crippen LogP contribution >= 0.6 is 7.14 Å². The number of ether oxygens (including phenoxy) is 3. The molecule has 0 N–H and O–H groups in total. The lowest BCUT2D eigenvalue weighted by molar-refractivity contribution is 0.410. The first-order valence-electron chi connectivity index (χ1n) is 13.1.